The predicted molar refractivity (Wildman–Crippen MR) is 96.9 cm³/mol. The van der Waals surface area contributed by atoms with Gasteiger partial charge in [-0.25, -0.2) is 8.42 Å². The molecular formula is C18H24N2O6S. The lowest BCUT2D eigenvalue weighted by molar-refractivity contribution is -0.141. The van der Waals surface area contributed by atoms with Crippen molar-refractivity contribution in [3.63, 3.8) is 0 Å². The zero-order chi connectivity index (χ0) is 19.4. The lowest BCUT2D eigenvalue weighted by Gasteiger charge is -2.32. The fourth-order valence-corrected chi connectivity index (χ4v) is 4.95. The van der Waals surface area contributed by atoms with E-state index in [0.717, 1.165) is 19.3 Å². The van der Waals surface area contributed by atoms with Gasteiger partial charge in [0.1, 0.15) is 0 Å². The number of hydrogen-bond donors (Lipinski definition) is 1. The molecule has 0 saturated carbocycles. The molecule has 2 saturated heterocycles. The third-order valence-corrected chi connectivity index (χ3v) is 6.80. The van der Waals surface area contributed by atoms with Crippen LogP contribution in [0.4, 0.5) is 0 Å². The summed E-state index contributed by atoms with van der Waals surface area (Å²) in [6.45, 7) is 1.93. The van der Waals surface area contributed by atoms with Crippen LogP contribution in [0.2, 0.25) is 0 Å². The highest BCUT2D eigenvalue weighted by atomic mass is 32.2. The highest BCUT2D eigenvalue weighted by Gasteiger charge is 2.28. The summed E-state index contributed by atoms with van der Waals surface area (Å²) in [6, 6.07) is 5.96. The van der Waals surface area contributed by atoms with Gasteiger partial charge in [0.2, 0.25) is 10.0 Å². The second-order valence-corrected chi connectivity index (χ2v) is 8.77. The van der Waals surface area contributed by atoms with E-state index in [9.17, 15) is 18.0 Å². The first kappa shape index (κ1) is 19.8. The Labute approximate surface area is 158 Å². The molecule has 1 aromatic carbocycles. The maximum Gasteiger partial charge on any atom is 0.306 e. The van der Waals surface area contributed by atoms with Crippen LogP contribution < -0.4 is 0 Å². The summed E-state index contributed by atoms with van der Waals surface area (Å²) >= 11 is 0. The van der Waals surface area contributed by atoms with Crippen LogP contribution in [0.5, 0.6) is 0 Å². The van der Waals surface area contributed by atoms with Crippen LogP contribution >= 0.6 is 0 Å². The monoisotopic (exact) mass is 396 g/mol. The van der Waals surface area contributed by atoms with Gasteiger partial charge in [0, 0.05) is 31.7 Å². The SMILES string of the molecule is O=C(O)CC1CN(C(=O)c2ccc(S(=O)(=O)N3CCCCC3)cc2)CCO1. The van der Waals surface area contributed by atoms with Gasteiger partial charge in [-0.15, -0.1) is 0 Å². The molecule has 2 aliphatic rings. The number of carbonyl (C=O) groups excluding carboxylic acids is 1. The number of carboxylic acid groups (broad SMARTS) is 1. The maximum absolute atomic E-state index is 12.7. The van der Waals surface area contributed by atoms with E-state index >= 15 is 0 Å². The van der Waals surface area contributed by atoms with Crippen LogP contribution in [-0.2, 0) is 19.6 Å². The molecule has 0 bridgehead atoms. The largest absolute Gasteiger partial charge is 0.481 e. The molecule has 2 heterocycles. The van der Waals surface area contributed by atoms with Crippen LogP contribution in [-0.4, -0.2) is 73.5 Å². The molecule has 9 heteroatoms. The number of rotatable bonds is 5. The quantitative estimate of drug-likeness (QED) is 0.801. The number of morpholine rings is 1. The third-order valence-electron chi connectivity index (χ3n) is 4.88. The Balaban J connectivity index is 1.69. The summed E-state index contributed by atoms with van der Waals surface area (Å²) in [7, 11) is -3.53. The molecule has 27 heavy (non-hydrogen) atoms. The molecule has 0 aliphatic carbocycles. The molecule has 148 valence electrons. The van der Waals surface area contributed by atoms with Gasteiger partial charge in [-0.1, -0.05) is 6.42 Å². The van der Waals surface area contributed by atoms with E-state index in [4.69, 9.17) is 9.84 Å². The number of benzene rings is 1. The molecule has 1 amide bonds. The molecule has 0 aromatic heterocycles. The van der Waals surface area contributed by atoms with E-state index < -0.39 is 22.1 Å². The Morgan fingerprint density at radius 2 is 1.74 bits per heavy atom. The minimum absolute atomic E-state index is 0.156. The summed E-state index contributed by atoms with van der Waals surface area (Å²) in [5, 5.41) is 8.88. The average molecular weight is 396 g/mol. The van der Waals surface area contributed by atoms with Gasteiger partial charge in [0.25, 0.3) is 5.91 Å². The average Bonchev–Trinajstić information content (AvgIpc) is 2.68. The number of nitrogens with zero attached hydrogens (tertiary/aromatic N) is 2. The first-order valence-electron chi connectivity index (χ1n) is 9.11. The van der Waals surface area contributed by atoms with Crippen LogP contribution in [0.3, 0.4) is 0 Å². The standard InChI is InChI=1S/C18H24N2O6S/c21-17(22)12-15-13-19(10-11-26-15)18(23)14-4-6-16(7-5-14)27(24,25)20-8-2-1-3-9-20/h4-7,15H,1-3,8-13H2,(H,21,22). The molecule has 2 fully saturated rings. The summed E-state index contributed by atoms with van der Waals surface area (Å²) < 4.78 is 32.2. The number of amides is 1. The second-order valence-electron chi connectivity index (χ2n) is 6.83. The minimum atomic E-state index is -3.53. The van der Waals surface area contributed by atoms with Crippen molar-refractivity contribution in [2.45, 2.75) is 36.7 Å². The van der Waals surface area contributed by atoms with E-state index in [2.05, 4.69) is 0 Å². The van der Waals surface area contributed by atoms with Crippen LogP contribution in [0.15, 0.2) is 29.2 Å². The zero-order valence-corrected chi connectivity index (χ0v) is 15.9. The number of aliphatic carboxylic acids is 1. The fraction of sp³-hybridized carbons (Fsp3) is 0.556. The van der Waals surface area contributed by atoms with Crippen molar-refractivity contribution in [2.75, 3.05) is 32.8 Å². The summed E-state index contributed by atoms with van der Waals surface area (Å²) in [4.78, 5) is 25.2. The van der Waals surface area contributed by atoms with Gasteiger partial charge in [0.15, 0.2) is 0 Å². The number of carboxylic acids is 1. The van der Waals surface area contributed by atoms with Crippen molar-refractivity contribution in [1.29, 1.82) is 0 Å². The molecule has 0 spiro atoms. The van der Waals surface area contributed by atoms with Crippen molar-refractivity contribution in [3.8, 4) is 0 Å². The molecule has 0 radical (unpaired) electrons. The topological polar surface area (TPSA) is 104 Å². The highest BCUT2D eigenvalue weighted by molar-refractivity contribution is 7.89. The number of carbonyl (C=O) groups is 2. The molecule has 8 nitrogen and oxygen atoms in total. The van der Waals surface area contributed by atoms with Gasteiger partial charge in [-0.05, 0) is 37.1 Å². The van der Waals surface area contributed by atoms with Crippen molar-refractivity contribution in [2.24, 2.45) is 0 Å². The number of hydrogen-bond acceptors (Lipinski definition) is 5. The van der Waals surface area contributed by atoms with Crippen LogP contribution in [0, 0.1) is 0 Å². The Morgan fingerprint density at radius 3 is 2.37 bits per heavy atom. The Kier molecular flexibility index (Phi) is 6.13. The first-order chi connectivity index (χ1) is 12.9. The number of piperidine rings is 1. The second kappa shape index (κ2) is 8.37. The van der Waals surface area contributed by atoms with Crippen molar-refractivity contribution < 1.29 is 27.9 Å². The van der Waals surface area contributed by atoms with E-state index in [-0.39, 0.29) is 30.4 Å². The number of sulfonamides is 1. The zero-order valence-electron chi connectivity index (χ0n) is 15.0. The van der Waals surface area contributed by atoms with E-state index in [1.807, 2.05) is 0 Å². The van der Waals surface area contributed by atoms with Gasteiger partial charge in [-0.3, -0.25) is 9.59 Å². The lowest BCUT2D eigenvalue weighted by atomic mass is 10.1. The molecular weight excluding hydrogens is 372 g/mol. The Hall–Kier alpha value is -1.97. The van der Waals surface area contributed by atoms with Crippen LogP contribution in [0.25, 0.3) is 0 Å². The highest BCUT2D eigenvalue weighted by Crippen LogP contribution is 2.21. The Morgan fingerprint density at radius 1 is 1.07 bits per heavy atom. The maximum atomic E-state index is 12.7. The van der Waals surface area contributed by atoms with E-state index in [0.29, 0.717) is 25.2 Å². The van der Waals surface area contributed by atoms with E-state index in [1.165, 1.54) is 28.6 Å². The normalized spacial score (nSPS) is 21.8. The molecule has 3 rings (SSSR count). The minimum Gasteiger partial charge on any atom is -0.481 e. The summed E-state index contributed by atoms with van der Waals surface area (Å²) in [6.07, 6.45) is 2.09. The number of ether oxygens (including phenoxy) is 1. The van der Waals surface area contributed by atoms with Gasteiger partial charge < -0.3 is 14.7 Å². The van der Waals surface area contributed by atoms with Gasteiger partial charge in [-0.2, -0.15) is 4.31 Å². The molecule has 1 atom stereocenters. The summed E-state index contributed by atoms with van der Waals surface area (Å²) in [5.74, 6) is -1.22. The summed E-state index contributed by atoms with van der Waals surface area (Å²) in [5.41, 5.74) is 0.378. The smallest absolute Gasteiger partial charge is 0.306 e. The lowest BCUT2D eigenvalue weighted by Crippen LogP contribution is -2.46. The molecule has 1 unspecified atom stereocenters. The molecule has 1 aromatic rings. The first-order valence-corrected chi connectivity index (χ1v) is 10.5. The van der Waals surface area contributed by atoms with Crippen LogP contribution in [0.1, 0.15) is 36.0 Å². The van der Waals surface area contributed by atoms with Crippen molar-refractivity contribution >= 4 is 21.9 Å². The van der Waals surface area contributed by atoms with Crippen molar-refractivity contribution in [1.82, 2.24) is 9.21 Å². The third kappa shape index (κ3) is 4.66. The molecule has 2 aliphatic heterocycles. The fourth-order valence-electron chi connectivity index (χ4n) is 3.43. The van der Waals surface area contributed by atoms with E-state index in [1.54, 1.807) is 4.90 Å². The Bertz CT molecular complexity index is 787. The predicted octanol–water partition coefficient (Wildman–Crippen LogP) is 1.18. The van der Waals surface area contributed by atoms with Gasteiger partial charge in [0.05, 0.1) is 24.0 Å². The molecule has 1 N–H and O–H groups in total. The van der Waals surface area contributed by atoms with Crippen molar-refractivity contribution in [3.05, 3.63) is 29.8 Å². The van der Waals surface area contributed by atoms with Gasteiger partial charge >= 0.3 is 5.97 Å².